The Morgan fingerprint density at radius 3 is 2.20 bits per heavy atom. The molecule has 0 aliphatic rings. The van der Waals surface area contributed by atoms with E-state index in [2.05, 4.69) is 5.32 Å². The van der Waals surface area contributed by atoms with Gasteiger partial charge in [0.05, 0.1) is 17.7 Å². The highest BCUT2D eigenvalue weighted by Gasteiger charge is 2.35. The molecule has 0 aliphatic heterocycles. The lowest BCUT2D eigenvalue weighted by Crippen LogP contribution is -2.53. The van der Waals surface area contributed by atoms with Gasteiger partial charge in [-0.25, -0.2) is 8.42 Å². The van der Waals surface area contributed by atoms with Crippen LogP contribution in [0, 0.1) is 6.92 Å². The SMILES string of the molecule is CCNC(=O)[C@H](Cc1ccccc1)N(Cc1cccc(Cl)c1)C(=O)CN(c1ccccc1OC)S(=O)(=O)c1ccc(C)cc1. The maximum atomic E-state index is 14.5. The van der Waals surface area contributed by atoms with E-state index in [1.54, 1.807) is 61.5 Å². The Kier molecular flexibility index (Phi) is 11.0. The fourth-order valence-corrected chi connectivity index (χ4v) is 6.50. The third-order valence-electron chi connectivity index (χ3n) is 7.11. The number of likely N-dealkylation sites (N-methyl/N-ethyl adjacent to an activating group) is 1. The average Bonchev–Trinajstić information content (AvgIpc) is 3.02. The van der Waals surface area contributed by atoms with Crippen LogP contribution in [0.3, 0.4) is 0 Å². The number of hydrogen-bond donors (Lipinski definition) is 1. The summed E-state index contributed by atoms with van der Waals surface area (Å²) in [5.41, 5.74) is 2.63. The van der Waals surface area contributed by atoms with E-state index in [0.717, 1.165) is 15.4 Å². The first-order valence-corrected chi connectivity index (χ1v) is 16.0. The molecule has 1 N–H and O–H groups in total. The second kappa shape index (κ2) is 14.9. The number of nitrogens with one attached hydrogen (secondary N) is 1. The number of halogens is 1. The molecule has 0 fully saturated rings. The van der Waals surface area contributed by atoms with Gasteiger partial charge in [0.2, 0.25) is 11.8 Å². The summed E-state index contributed by atoms with van der Waals surface area (Å²) in [7, 11) is -2.80. The molecule has 0 saturated heterocycles. The fraction of sp³-hybridized carbons (Fsp3) is 0.235. The molecule has 4 aromatic rings. The van der Waals surface area contributed by atoms with Gasteiger partial charge in [-0.2, -0.15) is 0 Å². The Morgan fingerprint density at radius 1 is 0.886 bits per heavy atom. The van der Waals surface area contributed by atoms with Crippen LogP contribution in [-0.4, -0.2) is 51.4 Å². The molecule has 0 saturated carbocycles. The Bertz CT molecular complexity index is 1680. The highest BCUT2D eigenvalue weighted by molar-refractivity contribution is 7.92. The number of amides is 2. The molecule has 230 valence electrons. The highest BCUT2D eigenvalue weighted by Crippen LogP contribution is 2.33. The number of rotatable bonds is 13. The normalized spacial score (nSPS) is 11.8. The van der Waals surface area contributed by atoms with E-state index in [9.17, 15) is 18.0 Å². The van der Waals surface area contributed by atoms with Crippen molar-refractivity contribution in [2.24, 2.45) is 0 Å². The van der Waals surface area contributed by atoms with Crippen LogP contribution in [0.5, 0.6) is 5.75 Å². The van der Waals surface area contributed by atoms with Crippen LogP contribution >= 0.6 is 11.6 Å². The van der Waals surface area contributed by atoms with Crippen molar-refractivity contribution in [3.63, 3.8) is 0 Å². The first kappa shape index (κ1) is 32.6. The standard InChI is InChI=1S/C34H36ClN3O5S/c1-4-36-34(40)31(22-26-11-6-5-7-12-26)37(23-27-13-10-14-28(35)21-27)33(39)24-38(30-15-8-9-16-32(30)43-3)44(41,42)29-19-17-25(2)18-20-29/h5-21,31H,4,22-24H2,1-3H3,(H,36,40)/t31-/m0/s1. The first-order valence-electron chi connectivity index (χ1n) is 14.2. The smallest absolute Gasteiger partial charge is 0.264 e. The van der Waals surface area contributed by atoms with Gasteiger partial charge in [0.25, 0.3) is 10.0 Å². The van der Waals surface area contributed by atoms with Crippen LogP contribution in [0.4, 0.5) is 5.69 Å². The predicted octanol–water partition coefficient (Wildman–Crippen LogP) is 5.63. The van der Waals surface area contributed by atoms with Crippen LogP contribution in [0.15, 0.2) is 108 Å². The van der Waals surface area contributed by atoms with Crippen molar-refractivity contribution in [1.29, 1.82) is 0 Å². The number of carbonyl (C=O) groups is 2. The lowest BCUT2D eigenvalue weighted by Gasteiger charge is -2.34. The molecule has 0 heterocycles. The molecule has 4 aromatic carbocycles. The molecular weight excluding hydrogens is 598 g/mol. The van der Waals surface area contributed by atoms with Gasteiger partial charge in [-0.1, -0.05) is 83.9 Å². The van der Waals surface area contributed by atoms with Crippen molar-refractivity contribution in [3.05, 3.63) is 125 Å². The highest BCUT2D eigenvalue weighted by atomic mass is 35.5. The number of anilines is 1. The number of methoxy groups -OCH3 is 1. The maximum absolute atomic E-state index is 14.5. The van der Waals surface area contributed by atoms with E-state index >= 15 is 0 Å². The van der Waals surface area contributed by atoms with Crippen LogP contribution < -0.4 is 14.4 Å². The predicted molar refractivity (Wildman–Crippen MR) is 173 cm³/mol. The van der Waals surface area contributed by atoms with Crippen molar-refractivity contribution >= 4 is 39.1 Å². The molecule has 44 heavy (non-hydrogen) atoms. The number of hydrogen-bond acceptors (Lipinski definition) is 5. The van der Waals surface area contributed by atoms with E-state index in [4.69, 9.17) is 16.3 Å². The third-order valence-corrected chi connectivity index (χ3v) is 9.11. The van der Waals surface area contributed by atoms with E-state index in [1.807, 2.05) is 43.3 Å². The van der Waals surface area contributed by atoms with Crippen LogP contribution in [0.1, 0.15) is 23.6 Å². The van der Waals surface area contributed by atoms with E-state index in [-0.39, 0.29) is 35.2 Å². The topological polar surface area (TPSA) is 96.0 Å². The number of benzene rings is 4. The zero-order chi connectivity index (χ0) is 31.7. The summed E-state index contributed by atoms with van der Waals surface area (Å²) >= 11 is 6.28. The Labute approximate surface area is 264 Å². The van der Waals surface area contributed by atoms with Crippen molar-refractivity contribution in [2.75, 3.05) is 24.5 Å². The molecule has 4 rings (SSSR count). The number of ether oxygens (including phenoxy) is 1. The summed E-state index contributed by atoms with van der Waals surface area (Å²) in [5, 5.41) is 3.33. The van der Waals surface area contributed by atoms with Crippen LogP contribution in [0.25, 0.3) is 0 Å². The number of aryl methyl sites for hydroxylation is 1. The lowest BCUT2D eigenvalue weighted by molar-refractivity contribution is -0.140. The van der Waals surface area contributed by atoms with Crippen molar-refractivity contribution < 1.29 is 22.7 Å². The second-order valence-corrected chi connectivity index (χ2v) is 12.5. The molecule has 1 atom stereocenters. The van der Waals surface area contributed by atoms with E-state index in [1.165, 1.54) is 24.1 Å². The summed E-state index contributed by atoms with van der Waals surface area (Å²) in [6, 6.07) is 28.5. The molecule has 0 unspecified atom stereocenters. The van der Waals surface area contributed by atoms with E-state index < -0.39 is 28.5 Å². The van der Waals surface area contributed by atoms with E-state index in [0.29, 0.717) is 17.1 Å². The van der Waals surface area contributed by atoms with Gasteiger partial charge < -0.3 is 15.0 Å². The van der Waals surface area contributed by atoms with Crippen molar-refractivity contribution in [1.82, 2.24) is 10.2 Å². The molecule has 0 aliphatic carbocycles. The molecule has 0 radical (unpaired) electrons. The molecule has 8 nitrogen and oxygen atoms in total. The summed E-state index contributed by atoms with van der Waals surface area (Å²) < 4.78 is 34.9. The summed E-state index contributed by atoms with van der Waals surface area (Å²) in [5.74, 6) is -0.641. The summed E-state index contributed by atoms with van der Waals surface area (Å²) in [4.78, 5) is 29.5. The van der Waals surface area contributed by atoms with Crippen LogP contribution in [0.2, 0.25) is 5.02 Å². The fourth-order valence-electron chi connectivity index (χ4n) is 4.86. The monoisotopic (exact) mass is 633 g/mol. The summed E-state index contributed by atoms with van der Waals surface area (Å²) in [6.07, 6.45) is 0.221. The van der Waals surface area contributed by atoms with Crippen molar-refractivity contribution in [2.45, 2.75) is 37.8 Å². The lowest BCUT2D eigenvalue weighted by atomic mass is 10.0. The first-order chi connectivity index (χ1) is 21.1. The molecule has 2 amide bonds. The zero-order valence-corrected chi connectivity index (χ0v) is 26.5. The third kappa shape index (κ3) is 7.98. The Balaban J connectivity index is 1.82. The van der Waals surface area contributed by atoms with Gasteiger partial charge in [0.15, 0.2) is 0 Å². The Hall–Kier alpha value is -4.34. The number of para-hydroxylation sites is 2. The van der Waals surface area contributed by atoms with Gasteiger partial charge in [0.1, 0.15) is 18.3 Å². The Morgan fingerprint density at radius 2 is 1.55 bits per heavy atom. The van der Waals surface area contributed by atoms with Gasteiger partial charge >= 0.3 is 0 Å². The minimum atomic E-state index is -4.24. The second-order valence-electron chi connectivity index (χ2n) is 10.2. The van der Waals surface area contributed by atoms with Crippen molar-refractivity contribution in [3.8, 4) is 5.75 Å². The largest absolute Gasteiger partial charge is 0.495 e. The summed E-state index contributed by atoms with van der Waals surface area (Å²) in [6.45, 7) is 3.47. The maximum Gasteiger partial charge on any atom is 0.264 e. The quantitative estimate of drug-likeness (QED) is 0.206. The molecule has 0 bridgehead atoms. The van der Waals surface area contributed by atoms with Crippen LogP contribution in [-0.2, 0) is 32.6 Å². The minimum absolute atomic E-state index is 0.0211. The van der Waals surface area contributed by atoms with Gasteiger partial charge in [-0.3, -0.25) is 13.9 Å². The molecule has 0 spiro atoms. The van der Waals surface area contributed by atoms with Gasteiger partial charge in [-0.15, -0.1) is 0 Å². The zero-order valence-electron chi connectivity index (χ0n) is 24.9. The number of nitrogens with zero attached hydrogens (tertiary/aromatic N) is 2. The number of sulfonamides is 1. The van der Waals surface area contributed by atoms with Gasteiger partial charge in [0, 0.05) is 24.5 Å². The molecule has 10 heteroatoms. The van der Waals surface area contributed by atoms with Gasteiger partial charge in [-0.05, 0) is 61.4 Å². The molecule has 0 aromatic heterocycles. The average molecular weight is 634 g/mol. The number of carbonyl (C=O) groups excluding carboxylic acids is 2. The minimum Gasteiger partial charge on any atom is -0.495 e. The molecular formula is C34H36ClN3O5S.